The van der Waals surface area contributed by atoms with Crippen LogP contribution in [0.2, 0.25) is 0 Å². The van der Waals surface area contributed by atoms with Crippen LogP contribution < -0.4 is 11.3 Å². The molecule has 1 heterocycles. The number of halogens is 1. The van der Waals surface area contributed by atoms with E-state index in [-0.39, 0.29) is 11.4 Å². The van der Waals surface area contributed by atoms with E-state index in [1.807, 2.05) is 6.07 Å². The normalized spacial score (nSPS) is 10.3. The number of benzene rings is 1. The Kier molecular flexibility index (Phi) is 3.83. The first-order chi connectivity index (χ1) is 8.56. The Labute approximate surface area is 115 Å². The number of rotatable bonds is 3. The molecule has 0 aliphatic heterocycles. The Hall–Kier alpha value is -1.60. The molecule has 2 rings (SSSR count). The lowest BCUT2D eigenvalue weighted by Gasteiger charge is -2.05. The van der Waals surface area contributed by atoms with Crippen molar-refractivity contribution in [2.24, 2.45) is 5.73 Å². The van der Waals surface area contributed by atoms with Crippen molar-refractivity contribution in [3.05, 3.63) is 50.9 Å². The smallest absolute Gasteiger partial charge is 0.251 e. The minimum Gasteiger partial charge on any atom is -0.384 e. The molecule has 2 aromatic rings. The van der Waals surface area contributed by atoms with Gasteiger partial charge in [0, 0.05) is 27.2 Å². The second-order valence-corrected chi connectivity index (χ2v) is 5.29. The van der Waals surface area contributed by atoms with Crippen LogP contribution in [0.3, 0.4) is 0 Å². The van der Waals surface area contributed by atoms with Gasteiger partial charge in [0.1, 0.15) is 5.84 Å². The van der Waals surface area contributed by atoms with Gasteiger partial charge < -0.3 is 10.7 Å². The molecule has 18 heavy (non-hydrogen) atoms. The Balaban J connectivity index is 2.30. The topological polar surface area (TPSA) is 95.6 Å². The van der Waals surface area contributed by atoms with Crippen LogP contribution >= 0.6 is 27.7 Å². The monoisotopic (exact) mass is 324 g/mol. The summed E-state index contributed by atoms with van der Waals surface area (Å²) in [7, 11) is 0. The number of nitrogens with two attached hydrogens (primary N) is 1. The average molecular weight is 325 g/mol. The maximum atomic E-state index is 11.1. The van der Waals surface area contributed by atoms with Crippen LogP contribution in [0.5, 0.6) is 0 Å². The van der Waals surface area contributed by atoms with E-state index in [0.29, 0.717) is 10.7 Å². The first-order valence-electron chi connectivity index (χ1n) is 4.93. The van der Waals surface area contributed by atoms with Crippen molar-refractivity contribution in [2.45, 2.75) is 10.1 Å². The minimum absolute atomic E-state index is 0.0125. The Bertz CT molecular complexity index is 655. The first kappa shape index (κ1) is 12.8. The van der Waals surface area contributed by atoms with Gasteiger partial charge in [-0.3, -0.25) is 10.2 Å². The Morgan fingerprint density at radius 2 is 2.22 bits per heavy atom. The quantitative estimate of drug-likeness (QED) is 0.457. The highest BCUT2D eigenvalue weighted by Gasteiger charge is 2.06. The van der Waals surface area contributed by atoms with Gasteiger partial charge in [-0.05, 0) is 28.1 Å². The van der Waals surface area contributed by atoms with E-state index in [1.54, 1.807) is 12.1 Å². The standard InChI is InChI=1S/C11H9BrN4OS/c12-7-5-6(10(13)14)1-2-8(7)18-11-15-4-3-9(17)16-11/h1-5H,(H3,13,14)(H,15,16,17). The third-order valence-electron chi connectivity index (χ3n) is 2.10. The molecule has 0 aliphatic carbocycles. The highest BCUT2D eigenvalue weighted by molar-refractivity contribution is 9.10. The zero-order valence-electron chi connectivity index (χ0n) is 9.11. The largest absolute Gasteiger partial charge is 0.384 e. The molecule has 0 radical (unpaired) electrons. The lowest BCUT2D eigenvalue weighted by atomic mass is 10.2. The van der Waals surface area contributed by atoms with E-state index in [4.69, 9.17) is 11.1 Å². The summed E-state index contributed by atoms with van der Waals surface area (Å²) in [6, 6.07) is 6.68. The van der Waals surface area contributed by atoms with Crippen LogP contribution in [0.25, 0.3) is 0 Å². The molecule has 0 spiro atoms. The SMILES string of the molecule is N=C(N)c1ccc(Sc2nccc(=O)[nH]2)c(Br)c1. The lowest BCUT2D eigenvalue weighted by Crippen LogP contribution is -2.10. The van der Waals surface area contributed by atoms with Crippen LogP contribution in [-0.2, 0) is 0 Å². The molecule has 1 aromatic carbocycles. The molecule has 7 heteroatoms. The van der Waals surface area contributed by atoms with Gasteiger partial charge in [-0.1, -0.05) is 17.8 Å². The van der Waals surface area contributed by atoms with Gasteiger partial charge in [0.15, 0.2) is 5.16 Å². The fourth-order valence-corrected chi connectivity index (χ4v) is 2.65. The van der Waals surface area contributed by atoms with E-state index in [1.165, 1.54) is 24.0 Å². The summed E-state index contributed by atoms with van der Waals surface area (Å²) in [5.41, 5.74) is 5.85. The molecule has 0 saturated carbocycles. The molecule has 5 nitrogen and oxygen atoms in total. The van der Waals surface area contributed by atoms with Crippen LogP contribution in [0.4, 0.5) is 0 Å². The molecule has 0 unspecified atom stereocenters. The van der Waals surface area contributed by atoms with Gasteiger partial charge >= 0.3 is 0 Å². The average Bonchev–Trinajstić information content (AvgIpc) is 2.31. The lowest BCUT2D eigenvalue weighted by molar-refractivity contribution is 0.936. The first-order valence-corrected chi connectivity index (χ1v) is 6.54. The maximum absolute atomic E-state index is 11.1. The number of amidine groups is 1. The van der Waals surface area contributed by atoms with E-state index in [2.05, 4.69) is 25.9 Å². The van der Waals surface area contributed by atoms with Gasteiger partial charge in [0.05, 0.1) is 0 Å². The molecule has 92 valence electrons. The van der Waals surface area contributed by atoms with Crippen molar-refractivity contribution < 1.29 is 0 Å². The number of hydrogen-bond donors (Lipinski definition) is 3. The highest BCUT2D eigenvalue weighted by Crippen LogP contribution is 2.31. The summed E-state index contributed by atoms with van der Waals surface area (Å²) >= 11 is 4.72. The molecule has 0 bridgehead atoms. The molecular formula is C11H9BrN4OS. The molecule has 0 amide bonds. The second kappa shape index (κ2) is 5.36. The number of aromatic amines is 1. The van der Waals surface area contributed by atoms with Gasteiger partial charge in [0.25, 0.3) is 5.56 Å². The van der Waals surface area contributed by atoms with Gasteiger partial charge in [-0.25, -0.2) is 4.98 Å². The molecule has 0 fully saturated rings. The van der Waals surface area contributed by atoms with Crippen LogP contribution in [0.15, 0.2) is 49.8 Å². The van der Waals surface area contributed by atoms with E-state index >= 15 is 0 Å². The number of H-pyrrole nitrogens is 1. The fraction of sp³-hybridized carbons (Fsp3) is 0. The molecule has 0 aliphatic rings. The van der Waals surface area contributed by atoms with Crippen molar-refractivity contribution >= 4 is 33.5 Å². The van der Waals surface area contributed by atoms with Crippen molar-refractivity contribution in [3.63, 3.8) is 0 Å². The number of nitrogen functional groups attached to an aromatic ring is 1. The summed E-state index contributed by atoms with van der Waals surface area (Å²) in [6.45, 7) is 0. The van der Waals surface area contributed by atoms with E-state index in [0.717, 1.165) is 9.37 Å². The maximum Gasteiger partial charge on any atom is 0.251 e. The van der Waals surface area contributed by atoms with Gasteiger partial charge in [-0.15, -0.1) is 0 Å². The molecule has 4 N–H and O–H groups in total. The predicted octanol–water partition coefficient (Wildman–Crippen LogP) is 1.97. The zero-order valence-corrected chi connectivity index (χ0v) is 11.5. The van der Waals surface area contributed by atoms with E-state index < -0.39 is 0 Å². The summed E-state index contributed by atoms with van der Waals surface area (Å²) in [4.78, 5) is 18.7. The second-order valence-electron chi connectivity index (χ2n) is 3.40. The van der Waals surface area contributed by atoms with Crippen molar-refractivity contribution in [3.8, 4) is 0 Å². The zero-order chi connectivity index (χ0) is 13.1. The van der Waals surface area contributed by atoms with Crippen LogP contribution in [0, 0.1) is 5.41 Å². The fourth-order valence-electron chi connectivity index (χ4n) is 1.26. The number of hydrogen-bond acceptors (Lipinski definition) is 4. The van der Waals surface area contributed by atoms with Crippen molar-refractivity contribution in [1.82, 2.24) is 9.97 Å². The van der Waals surface area contributed by atoms with Gasteiger partial charge in [0.2, 0.25) is 0 Å². The van der Waals surface area contributed by atoms with Crippen molar-refractivity contribution in [2.75, 3.05) is 0 Å². The number of nitrogens with zero attached hydrogens (tertiary/aromatic N) is 1. The minimum atomic E-state index is -0.191. The van der Waals surface area contributed by atoms with Gasteiger partial charge in [-0.2, -0.15) is 0 Å². The third-order valence-corrected chi connectivity index (χ3v) is 3.99. The van der Waals surface area contributed by atoms with Crippen molar-refractivity contribution in [1.29, 1.82) is 5.41 Å². The summed E-state index contributed by atoms with van der Waals surface area (Å²) in [5.74, 6) is 0.0125. The summed E-state index contributed by atoms with van der Waals surface area (Å²) in [6.07, 6.45) is 1.46. The Morgan fingerprint density at radius 3 is 2.83 bits per heavy atom. The third kappa shape index (κ3) is 2.99. The number of nitrogens with one attached hydrogen (secondary N) is 2. The molecule has 1 aromatic heterocycles. The molecular weight excluding hydrogens is 316 g/mol. The molecule has 0 saturated heterocycles. The molecule has 0 atom stereocenters. The Morgan fingerprint density at radius 1 is 1.44 bits per heavy atom. The van der Waals surface area contributed by atoms with E-state index in [9.17, 15) is 4.79 Å². The van der Waals surface area contributed by atoms with Crippen LogP contribution in [0.1, 0.15) is 5.56 Å². The van der Waals surface area contributed by atoms with Crippen LogP contribution in [-0.4, -0.2) is 15.8 Å². The highest BCUT2D eigenvalue weighted by atomic mass is 79.9. The summed E-state index contributed by atoms with van der Waals surface area (Å²) in [5, 5.41) is 7.85. The predicted molar refractivity (Wildman–Crippen MR) is 74.1 cm³/mol. The summed E-state index contributed by atoms with van der Waals surface area (Å²) < 4.78 is 0.798. The number of aromatic nitrogens is 2.